The van der Waals surface area contributed by atoms with E-state index in [1.54, 1.807) is 0 Å². The Hall–Kier alpha value is -1.10. The molecule has 0 spiro atoms. The number of carbonyl (C=O) groups excluding carboxylic acids is 1. The summed E-state index contributed by atoms with van der Waals surface area (Å²) in [5, 5.41) is 7.67. The minimum absolute atomic E-state index is 0.0602. The maximum Gasteiger partial charge on any atom is 0.237 e. The number of benzene rings is 1. The highest BCUT2D eigenvalue weighted by Gasteiger charge is 2.37. The summed E-state index contributed by atoms with van der Waals surface area (Å²) in [6.07, 6.45) is 10.2. The number of carbonyl (C=O) groups is 1. The van der Waals surface area contributed by atoms with Gasteiger partial charge in [-0.1, -0.05) is 55.8 Å². The van der Waals surface area contributed by atoms with Crippen LogP contribution in [-0.4, -0.2) is 42.0 Å². The second-order valence-corrected chi connectivity index (χ2v) is 8.55. The number of amides is 1. The molecular weight excluding hydrogens is 358 g/mol. The zero-order valence-corrected chi connectivity index (χ0v) is 17.3. The van der Waals surface area contributed by atoms with E-state index in [1.807, 2.05) is 25.1 Å². The Bertz CT molecular complexity index is 601. The fourth-order valence-corrected chi connectivity index (χ4v) is 4.80. The van der Waals surface area contributed by atoms with Crippen LogP contribution in [0.5, 0.6) is 0 Å². The Morgan fingerprint density at radius 2 is 1.89 bits per heavy atom. The lowest BCUT2D eigenvalue weighted by Crippen LogP contribution is -2.42. The van der Waals surface area contributed by atoms with E-state index in [9.17, 15) is 4.79 Å². The van der Waals surface area contributed by atoms with Gasteiger partial charge in [-0.05, 0) is 43.9 Å². The van der Waals surface area contributed by atoms with Crippen LogP contribution in [0, 0.1) is 0 Å². The second-order valence-electron chi connectivity index (χ2n) is 8.11. The van der Waals surface area contributed by atoms with Gasteiger partial charge in [0.15, 0.2) is 0 Å². The van der Waals surface area contributed by atoms with E-state index in [1.165, 1.54) is 50.5 Å². The van der Waals surface area contributed by atoms with Crippen molar-refractivity contribution in [3.8, 4) is 0 Å². The van der Waals surface area contributed by atoms with E-state index in [0.717, 1.165) is 24.5 Å². The molecule has 150 valence electrons. The highest BCUT2D eigenvalue weighted by Crippen LogP contribution is 2.24. The quantitative estimate of drug-likeness (QED) is 0.766. The highest BCUT2D eigenvalue weighted by atomic mass is 35.5. The molecule has 0 radical (unpaired) electrons. The van der Waals surface area contributed by atoms with Gasteiger partial charge in [0.1, 0.15) is 0 Å². The summed E-state index contributed by atoms with van der Waals surface area (Å²) in [5.41, 5.74) is 1.17. The van der Waals surface area contributed by atoms with Gasteiger partial charge in [-0.2, -0.15) is 0 Å². The third-order valence-electron chi connectivity index (χ3n) is 5.91. The van der Waals surface area contributed by atoms with Gasteiger partial charge in [0.05, 0.1) is 6.04 Å². The van der Waals surface area contributed by atoms with Crippen LogP contribution in [0.25, 0.3) is 0 Å². The number of hydrogen-bond donors (Lipinski definition) is 2. The van der Waals surface area contributed by atoms with Gasteiger partial charge in [-0.15, -0.1) is 0 Å². The van der Waals surface area contributed by atoms with Crippen LogP contribution in [0.4, 0.5) is 0 Å². The number of likely N-dealkylation sites (tertiary alicyclic amines) is 1. The number of nitrogens with zero attached hydrogens (tertiary/aromatic N) is 1. The molecule has 3 rings (SSSR count). The van der Waals surface area contributed by atoms with E-state index in [0.29, 0.717) is 18.6 Å². The smallest absolute Gasteiger partial charge is 0.237 e. The number of rotatable bonds is 6. The molecule has 1 aromatic carbocycles. The van der Waals surface area contributed by atoms with E-state index >= 15 is 0 Å². The normalized spacial score (nSPS) is 25.1. The average Bonchev–Trinajstić information content (AvgIpc) is 3.00. The molecule has 27 heavy (non-hydrogen) atoms. The van der Waals surface area contributed by atoms with Crippen molar-refractivity contribution in [3.63, 3.8) is 0 Å². The number of nitrogens with one attached hydrogen (secondary N) is 2. The topological polar surface area (TPSA) is 44.4 Å². The molecule has 1 saturated heterocycles. The Balaban J connectivity index is 1.64. The third-order valence-corrected chi connectivity index (χ3v) is 6.14. The standard InChI is InChI=1S/C22H34ClN3O/c1-2-24-22(27)21-14-20(25-19-11-6-4-3-5-7-12-19)16-26(21)15-17-9-8-10-18(23)13-17/h8-10,13,19-21,25H,2-7,11-12,14-16H2,1H3,(H,24,27)/t20-,21+/m1/s1. The molecule has 1 saturated carbocycles. The lowest BCUT2D eigenvalue weighted by atomic mass is 9.96. The monoisotopic (exact) mass is 391 g/mol. The Kier molecular flexibility index (Phi) is 7.98. The van der Waals surface area contributed by atoms with Gasteiger partial charge < -0.3 is 10.6 Å². The average molecular weight is 392 g/mol. The second kappa shape index (κ2) is 10.4. The van der Waals surface area contributed by atoms with Gasteiger partial charge in [-0.3, -0.25) is 9.69 Å². The van der Waals surface area contributed by atoms with Crippen LogP contribution in [-0.2, 0) is 11.3 Å². The molecule has 1 aromatic rings. The van der Waals surface area contributed by atoms with Crippen molar-refractivity contribution in [2.45, 2.75) is 83.0 Å². The zero-order valence-electron chi connectivity index (χ0n) is 16.6. The molecule has 5 heteroatoms. The maximum atomic E-state index is 12.6. The molecule has 1 aliphatic carbocycles. The predicted octanol–water partition coefficient (Wildman–Crippen LogP) is 4.12. The summed E-state index contributed by atoms with van der Waals surface area (Å²) in [6, 6.07) is 8.92. The minimum Gasteiger partial charge on any atom is -0.355 e. The summed E-state index contributed by atoms with van der Waals surface area (Å²) in [7, 11) is 0. The summed E-state index contributed by atoms with van der Waals surface area (Å²) >= 11 is 6.16. The van der Waals surface area contributed by atoms with Crippen molar-refractivity contribution in [1.29, 1.82) is 0 Å². The summed E-state index contributed by atoms with van der Waals surface area (Å²) in [5.74, 6) is 0.154. The van der Waals surface area contributed by atoms with Gasteiger partial charge in [0.2, 0.25) is 5.91 Å². The van der Waals surface area contributed by atoms with Crippen molar-refractivity contribution in [1.82, 2.24) is 15.5 Å². The Labute approximate surface area is 169 Å². The maximum absolute atomic E-state index is 12.6. The van der Waals surface area contributed by atoms with Crippen LogP contribution in [0.1, 0.15) is 63.9 Å². The summed E-state index contributed by atoms with van der Waals surface area (Å²) in [4.78, 5) is 15.0. The van der Waals surface area contributed by atoms with Crippen LogP contribution in [0.3, 0.4) is 0 Å². The zero-order chi connectivity index (χ0) is 19.1. The van der Waals surface area contributed by atoms with E-state index in [2.05, 4.69) is 21.6 Å². The van der Waals surface area contributed by atoms with E-state index < -0.39 is 0 Å². The molecule has 2 fully saturated rings. The molecule has 1 aliphatic heterocycles. The molecule has 2 atom stereocenters. The molecule has 0 unspecified atom stereocenters. The van der Waals surface area contributed by atoms with Gasteiger partial charge in [-0.25, -0.2) is 0 Å². The van der Waals surface area contributed by atoms with E-state index in [4.69, 9.17) is 11.6 Å². The molecule has 0 aromatic heterocycles. The first-order chi connectivity index (χ1) is 13.2. The Morgan fingerprint density at radius 3 is 2.59 bits per heavy atom. The third kappa shape index (κ3) is 6.20. The predicted molar refractivity (Wildman–Crippen MR) is 112 cm³/mol. The van der Waals surface area contributed by atoms with Gasteiger partial charge in [0, 0.05) is 36.7 Å². The minimum atomic E-state index is -0.0602. The molecule has 2 aliphatic rings. The first-order valence-electron chi connectivity index (χ1n) is 10.7. The highest BCUT2D eigenvalue weighted by molar-refractivity contribution is 6.30. The number of hydrogen-bond acceptors (Lipinski definition) is 3. The molecule has 4 nitrogen and oxygen atoms in total. The molecule has 0 bridgehead atoms. The summed E-state index contributed by atoms with van der Waals surface area (Å²) < 4.78 is 0. The lowest BCUT2D eigenvalue weighted by Gasteiger charge is -2.25. The first-order valence-corrected chi connectivity index (χ1v) is 11.1. The van der Waals surface area contributed by atoms with Crippen molar-refractivity contribution in [2.24, 2.45) is 0 Å². The molecule has 2 N–H and O–H groups in total. The van der Waals surface area contributed by atoms with Gasteiger partial charge in [0.25, 0.3) is 0 Å². The van der Waals surface area contributed by atoms with Crippen molar-refractivity contribution >= 4 is 17.5 Å². The summed E-state index contributed by atoms with van der Waals surface area (Å²) in [6.45, 7) is 4.36. The van der Waals surface area contributed by atoms with Crippen LogP contribution >= 0.6 is 11.6 Å². The van der Waals surface area contributed by atoms with Crippen LogP contribution < -0.4 is 10.6 Å². The fraction of sp³-hybridized carbons (Fsp3) is 0.682. The SMILES string of the molecule is CCNC(=O)[C@@H]1C[C@@H](NC2CCCCCCC2)CN1Cc1cccc(Cl)c1. The Morgan fingerprint density at radius 1 is 1.15 bits per heavy atom. The van der Waals surface area contributed by atoms with Crippen molar-refractivity contribution < 1.29 is 4.79 Å². The molecule has 1 heterocycles. The van der Waals surface area contributed by atoms with Crippen LogP contribution in [0.2, 0.25) is 5.02 Å². The lowest BCUT2D eigenvalue weighted by molar-refractivity contribution is -0.125. The van der Waals surface area contributed by atoms with Crippen molar-refractivity contribution in [2.75, 3.05) is 13.1 Å². The molecule has 1 amide bonds. The number of halogens is 1. The largest absolute Gasteiger partial charge is 0.355 e. The van der Waals surface area contributed by atoms with Crippen LogP contribution in [0.15, 0.2) is 24.3 Å². The van der Waals surface area contributed by atoms with Gasteiger partial charge >= 0.3 is 0 Å². The number of likely N-dealkylation sites (N-methyl/N-ethyl adjacent to an activating group) is 1. The van der Waals surface area contributed by atoms with E-state index in [-0.39, 0.29) is 11.9 Å². The first kappa shape index (κ1) is 20.6. The molecular formula is C22H34ClN3O. The fourth-order valence-electron chi connectivity index (χ4n) is 4.59. The van der Waals surface area contributed by atoms with Crippen molar-refractivity contribution in [3.05, 3.63) is 34.9 Å².